The van der Waals surface area contributed by atoms with Crippen LogP contribution in [-0.4, -0.2) is 40.5 Å². The Labute approximate surface area is 137 Å². The molecule has 0 radical (unpaired) electrons. The molecule has 4 nitrogen and oxygen atoms in total. The van der Waals surface area contributed by atoms with Crippen molar-refractivity contribution in [2.45, 2.75) is 13.5 Å². The molecule has 0 unspecified atom stereocenters. The van der Waals surface area contributed by atoms with Gasteiger partial charge in [-0.25, -0.2) is 4.98 Å². The van der Waals surface area contributed by atoms with Crippen LogP contribution in [0.5, 0.6) is 0 Å². The number of aromatic nitrogens is 2. The molecule has 0 spiro atoms. The van der Waals surface area contributed by atoms with Gasteiger partial charge in [0.05, 0.1) is 5.69 Å². The van der Waals surface area contributed by atoms with Gasteiger partial charge in [-0.2, -0.15) is 0 Å². The van der Waals surface area contributed by atoms with E-state index in [1.807, 2.05) is 0 Å². The quantitative estimate of drug-likeness (QED) is 0.916. The van der Waals surface area contributed by atoms with E-state index < -0.39 is 0 Å². The van der Waals surface area contributed by atoms with Gasteiger partial charge in [0.25, 0.3) is 0 Å². The summed E-state index contributed by atoms with van der Waals surface area (Å²) in [6, 6.07) is 4.22. The maximum absolute atomic E-state index is 4.72. The highest BCUT2D eigenvalue weighted by Gasteiger charge is 2.35. The van der Waals surface area contributed by atoms with E-state index in [-0.39, 0.29) is 24.8 Å². The molecular weight excluding hydrogens is 307 g/mol. The smallest absolute Gasteiger partial charge is 0.137 e. The van der Waals surface area contributed by atoms with Crippen molar-refractivity contribution in [3.8, 4) is 0 Å². The van der Waals surface area contributed by atoms with Gasteiger partial charge < -0.3 is 9.72 Å². The number of nitrogens with zero attached hydrogens (tertiary/aromatic N) is 3. The SMILES string of the molecule is Cc1ccc2nc(CN3C[C@H]4CNC[C@H]4C3)cn2c1.Cl.Cl. The van der Waals surface area contributed by atoms with Crippen LogP contribution in [0.2, 0.25) is 0 Å². The zero-order valence-electron chi connectivity index (χ0n) is 12.2. The zero-order valence-corrected chi connectivity index (χ0v) is 13.8. The highest BCUT2D eigenvalue weighted by atomic mass is 35.5. The Hall–Kier alpha value is -0.810. The van der Waals surface area contributed by atoms with Crippen LogP contribution in [0.15, 0.2) is 24.5 Å². The number of hydrogen-bond acceptors (Lipinski definition) is 3. The molecule has 2 aliphatic rings. The molecule has 0 bridgehead atoms. The number of halogens is 2. The van der Waals surface area contributed by atoms with Crippen molar-refractivity contribution >= 4 is 30.5 Å². The molecule has 0 aromatic carbocycles. The number of pyridine rings is 1. The van der Waals surface area contributed by atoms with Crippen molar-refractivity contribution < 1.29 is 0 Å². The van der Waals surface area contributed by atoms with E-state index in [9.17, 15) is 0 Å². The first kappa shape index (κ1) is 16.6. The summed E-state index contributed by atoms with van der Waals surface area (Å²) < 4.78 is 2.14. The summed E-state index contributed by atoms with van der Waals surface area (Å²) in [4.78, 5) is 7.28. The largest absolute Gasteiger partial charge is 0.316 e. The summed E-state index contributed by atoms with van der Waals surface area (Å²) in [7, 11) is 0. The number of aryl methyl sites for hydroxylation is 1. The van der Waals surface area contributed by atoms with Gasteiger partial charge >= 0.3 is 0 Å². The fraction of sp³-hybridized carbons (Fsp3) is 0.533. The molecular formula is C15H22Cl2N4. The van der Waals surface area contributed by atoms with Gasteiger partial charge in [-0.3, -0.25) is 4.90 Å². The van der Waals surface area contributed by atoms with Gasteiger partial charge in [-0.05, 0) is 43.5 Å². The third-order valence-electron chi connectivity index (χ3n) is 4.50. The van der Waals surface area contributed by atoms with E-state index >= 15 is 0 Å². The van der Waals surface area contributed by atoms with E-state index in [4.69, 9.17) is 4.98 Å². The minimum atomic E-state index is 0. The second-order valence-electron chi connectivity index (χ2n) is 6.08. The number of nitrogens with one attached hydrogen (secondary N) is 1. The summed E-state index contributed by atoms with van der Waals surface area (Å²) in [6.45, 7) is 7.97. The Morgan fingerprint density at radius 3 is 2.57 bits per heavy atom. The van der Waals surface area contributed by atoms with Crippen molar-refractivity contribution in [2.75, 3.05) is 26.2 Å². The lowest BCUT2D eigenvalue weighted by Gasteiger charge is -2.14. The van der Waals surface area contributed by atoms with E-state index in [2.05, 4.69) is 46.1 Å². The predicted molar refractivity (Wildman–Crippen MR) is 89.6 cm³/mol. The maximum atomic E-state index is 4.72. The Kier molecular flexibility index (Phi) is 5.15. The van der Waals surface area contributed by atoms with Crippen molar-refractivity contribution in [3.05, 3.63) is 35.8 Å². The highest BCUT2D eigenvalue weighted by Crippen LogP contribution is 2.27. The summed E-state index contributed by atoms with van der Waals surface area (Å²) in [6.07, 6.45) is 4.32. The third kappa shape index (κ3) is 3.19. The van der Waals surface area contributed by atoms with E-state index in [1.54, 1.807) is 0 Å². The molecule has 2 aromatic heterocycles. The predicted octanol–water partition coefficient (Wildman–Crippen LogP) is 2.14. The van der Waals surface area contributed by atoms with Crippen LogP contribution in [-0.2, 0) is 6.54 Å². The lowest BCUT2D eigenvalue weighted by molar-refractivity contribution is 0.302. The summed E-state index contributed by atoms with van der Waals surface area (Å²) >= 11 is 0. The number of rotatable bonds is 2. The molecule has 6 heteroatoms. The maximum Gasteiger partial charge on any atom is 0.137 e. The summed E-state index contributed by atoms with van der Waals surface area (Å²) in [5.41, 5.74) is 3.53. The van der Waals surface area contributed by atoms with E-state index in [1.165, 1.54) is 37.4 Å². The average molecular weight is 329 g/mol. The van der Waals surface area contributed by atoms with Crippen LogP contribution >= 0.6 is 24.8 Å². The van der Waals surface area contributed by atoms with Gasteiger partial charge in [0.1, 0.15) is 5.65 Å². The first-order valence-corrected chi connectivity index (χ1v) is 7.15. The molecule has 116 valence electrons. The second-order valence-corrected chi connectivity index (χ2v) is 6.08. The van der Waals surface area contributed by atoms with Crippen molar-refractivity contribution in [1.29, 1.82) is 0 Å². The normalized spacial score (nSPS) is 24.6. The molecule has 1 N–H and O–H groups in total. The number of fused-ring (bicyclic) bond motifs is 2. The fourth-order valence-corrected chi connectivity index (χ4v) is 3.54. The van der Waals surface area contributed by atoms with E-state index in [0.717, 1.165) is 24.0 Å². The monoisotopic (exact) mass is 328 g/mol. The van der Waals surface area contributed by atoms with Crippen molar-refractivity contribution in [3.63, 3.8) is 0 Å². The van der Waals surface area contributed by atoms with Crippen molar-refractivity contribution in [1.82, 2.24) is 19.6 Å². The third-order valence-corrected chi connectivity index (χ3v) is 4.50. The zero-order chi connectivity index (χ0) is 12.8. The van der Waals surface area contributed by atoms with Crippen molar-refractivity contribution in [2.24, 2.45) is 11.8 Å². The van der Waals surface area contributed by atoms with Crippen LogP contribution in [0.25, 0.3) is 5.65 Å². The first-order chi connectivity index (χ1) is 9.28. The molecule has 0 amide bonds. The minimum absolute atomic E-state index is 0. The lowest BCUT2D eigenvalue weighted by atomic mass is 10.0. The second kappa shape index (κ2) is 6.53. The van der Waals surface area contributed by atoms with Gasteiger partial charge in [-0.1, -0.05) is 6.07 Å². The number of likely N-dealkylation sites (tertiary alicyclic amines) is 1. The van der Waals surface area contributed by atoms with Crippen LogP contribution in [0.1, 0.15) is 11.3 Å². The molecule has 21 heavy (non-hydrogen) atoms. The molecule has 2 fully saturated rings. The minimum Gasteiger partial charge on any atom is -0.316 e. The van der Waals surface area contributed by atoms with Gasteiger partial charge in [0, 0.05) is 32.0 Å². The Balaban J connectivity index is 0.000000807. The first-order valence-electron chi connectivity index (χ1n) is 7.15. The van der Waals surface area contributed by atoms with Crippen LogP contribution < -0.4 is 5.32 Å². The molecule has 4 rings (SSSR count). The topological polar surface area (TPSA) is 32.6 Å². The average Bonchev–Trinajstić information content (AvgIpc) is 3.01. The molecule has 2 saturated heterocycles. The Morgan fingerprint density at radius 1 is 1.14 bits per heavy atom. The summed E-state index contributed by atoms with van der Waals surface area (Å²) in [5, 5.41) is 3.49. The van der Waals surface area contributed by atoms with E-state index in [0.29, 0.717) is 0 Å². The Morgan fingerprint density at radius 2 is 1.86 bits per heavy atom. The van der Waals surface area contributed by atoms with Gasteiger partial charge in [0.15, 0.2) is 0 Å². The van der Waals surface area contributed by atoms with Crippen LogP contribution in [0.3, 0.4) is 0 Å². The standard InChI is InChI=1S/C15H20N4.2ClH/c1-11-2-3-15-17-14(10-19(15)6-11)9-18-7-12-4-16-5-13(12)8-18;;/h2-3,6,10,12-13,16H,4-5,7-9H2,1H3;2*1H/t12-,13+;;. The molecule has 4 heterocycles. The van der Waals surface area contributed by atoms with Crippen LogP contribution in [0, 0.1) is 18.8 Å². The molecule has 0 aliphatic carbocycles. The van der Waals surface area contributed by atoms with Gasteiger partial charge in [-0.15, -0.1) is 24.8 Å². The molecule has 2 atom stereocenters. The number of hydrogen-bond donors (Lipinski definition) is 1. The fourth-order valence-electron chi connectivity index (χ4n) is 3.54. The lowest BCUT2D eigenvalue weighted by Crippen LogP contribution is -2.25. The molecule has 2 aliphatic heterocycles. The molecule has 0 saturated carbocycles. The molecule has 2 aromatic rings. The summed E-state index contributed by atoms with van der Waals surface area (Å²) in [5.74, 6) is 1.72. The Bertz CT molecular complexity index is 601. The van der Waals surface area contributed by atoms with Gasteiger partial charge in [0.2, 0.25) is 0 Å². The highest BCUT2D eigenvalue weighted by molar-refractivity contribution is 5.85. The number of imidazole rings is 1. The van der Waals surface area contributed by atoms with Crippen LogP contribution in [0.4, 0.5) is 0 Å².